The summed E-state index contributed by atoms with van der Waals surface area (Å²) in [5, 5.41) is 11.4. The van der Waals surface area contributed by atoms with Crippen LogP contribution in [-0.2, 0) is 6.61 Å². The molecule has 1 aromatic carbocycles. The number of hydrogen-bond acceptors (Lipinski definition) is 8. The van der Waals surface area contributed by atoms with Crippen molar-refractivity contribution in [2.75, 3.05) is 20.1 Å². The van der Waals surface area contributed by atoms with Gasteiger partial charge in [0.25, 0.3) is 5.91 Å². The Hall–Kier alpha value is -3.63. The number of carbonyl (C=O) groups is 1. The number of rotatable bonds is 6. The Morgan fingerprint density at radius 1 is 1.26 bits per heavy atom. The highest BCUT2D eigenvalue weighted by Gasteiger charge is 2.35. The van der Waals surface area contributed by atoms with Crippen LogP contribution < -0.4 is 14.9 Å². The maximum Gasteiger partial charge on any atom is 0.322 e. The molecule has 2 atom stereocenters. The van der Waals surface area contributed by atoms with Gasteiger partial charge in [0.15, 0.2) is 0 Å². The Morgan fingerprint density at radius 2 is 2.12 bits per heavy atom. The molecule has 1 saturated heterocycles. The number of likely N-dealkylation sites (N-methyl/N-ethyl adjacent to an activating group) is 1. The molecule has 10 heteroatoms. The van der Waals surface area contributed by atoms with Gasteiger partial charge in [0.2, 0.25) is 0 Å². The van der Waals surface area contributed by atoms with E-state index in [1.165, 1.54) is 0 Å². The first kappa shape index (κ1) is 22.2. The summed E-state index contributed by atoms with van der Waals surface area (Å²) in [6.45, 7) is 3.73. The molecule has 0 bridgehead atoms. The normalized spacial score (nSPS) is 18.3. The summed E-state index contributed by atoms with van der Waals surface area (Å²) in [5.41, 5.74) is 3.22. The summed E-state index contributed by atoms with van der Waals surface area (Å²) in [6.07, 6.45) is 1.56. The van der Waals surface area contributed by atoms with E-state index in [0.29, 0.717) is 29.6 Å². The zero-order valence-corrected chi connectivity index (χ0v) is 19.6. The van der Waals surface area contributed by atoms with Gasteiger partial charge in [0.05, 0.1) is 17.8 Å². The molecule has 1 fully saturated rings. The highest BCUT2D eigenvalue weighted by Crippen LogP contribution is 2.27. The highest BCUT2D eigenvalue weighted by molar-refractivity contribution is 7.08. The molecule has 4 aromatic rings. The molecule has 3 aromatic heterocycles. The number of fused-ring (bicyclic) bond motifs is 1. The van der Waals surface area contributed by atoms with E-state index in [4.69, 9.17) is 4.74 Å². The molecule has 4 heterocycles. The van der Waals surface area contributed by atoms with Gasteiger partial charge in [0.1, 0.15) is 23.1 Å². The molecule has 5 rings (SSSR count). The van der Waals surface area contributed by atoms with Gasteiger partial charge >= 0.3 is 4.87 Å². The van der Waals surface area contributed by atoms with Gasteiger partial charge in [-0.1, -0.05) is 29.5 Å². The Kier molecular flexibility index (Phi) is 6.08. The molecule has 0 aliphatic carbocycles. The molecular formula is C24H24N6O3S. The standard InChI is InChI=1S/C24H24N6O3S/c1-14-9-15(17-5-3-4-6-19(17)26-14)13-33-16-7-8-20(25-10-16)22(31)27-21-12-30(2)11-18(21)23-28-29-24(32)34-23/h3-10,18,21H,11-13H2,1-2H3,(H,27,31)(H,29,32)/t18?,21-/m1/s1. The number of aryl methyl sites for hydroxylation is 1. The van der Waals surface area contributed by atoms with Crippen molar-refractivity contribution in [3.63, 3.8) is 0 Å². The lowest BCUT2D eigenvalue weighted by molar-refractivity contribution is 0.0930. The number of benzene rings is 1. The summed E-state index contributed by atoms with van der Waals surface area (Å²) >= 11 is 1.08. The maximum atomic E-state index is 12.8. The van der Waals surface area contributed by atoms with Crippen molar-refractivity contribution in [1.29, 1.82) is 0 Å². The van der Waals surface area contributed by atoms with Crippen LogP contribution in [0.5, 0.6) is 5.75 Å². The van der Waals surface area contributed by atoms with Crippen molar-refractivity contribution in [2.45, 2.75) is 25.5 Å². The highest BCUT2D eigenvalue weighted by atomic mass is 32.1. The third-order valence-corrected chi connectivity index (χ3v) is 6.76. The molecule has 0 saturated carbocycles. The zero-order chi connectivity index (χ0) is 23.7. The van der Waals surface area contributed by atoms with E-state index in [0.717, 1.165) is 40.0 Å². The van der Waals surface area contributed by atoms with Crippen LogP contribution in [0.25, 0.3) is 10.9 Å². The van der Waals surface area contributed by atoms with E-state index in [1.54, 1.807) is 18.3 Å². The van der Waals surface area contributed by atoms with Crippen LogP contribution in [-0.4, -0.2) is 57.2 Å². The molecule has 9 nitrogen and oxygen atoms in total. The zero-order valence-electron chi connectivity index (χ0n) is 18.8. The second-order valence-electron chi connectivity index (χ2n) is 8.47. The van der Waals surface area contributed by atoms with Crippen molar-refractivity contribution in [1.82, 2.24) is 30.4 Å². The number of H-pyrrole nitrogens is 1. The molecule has 0 spiro atoms. The third-order valence-electron chi connectivity index (χ3n) is 5.88. The van der Waals surface area contributed by atoms with Crippen molar-refractivity contribution < 1.29 is 9.53 Å². The fourth-order valence-electron chi connectivity index (χ4n) is 4.31. The minimum absolute atomic E-state index is 0.0425. The lowest BCUT2D eigenvalue weighted by atomic mass is 10.0. The average Bonchev–Trinajstić information content (AvgIpc) is 3.42. The lowest BCUT2D eigenvalue weighted by Gasteiger charge is -2.17. The van der Waals surface area contributed by atoms with Gasteiger partial charge in [-0.05, 0) is 38.2 Å². The predicted molar refractivity (Wildman–Crippen MR) is 129 cm³/mol. The second-order valence-corrected chi connectivity index (χ2v) is 9.46. The molecule has 34 heavy (non-hydrogen) atoms. The predicted octanol–water partition coefficient (Wildman–Crippen LogP) is 2.49. The van der Waals surface area contributed by atoms with Crippen molar-refractivity contribution in [3.05, 3.63) is 80.3 Å². The average molecular weight is 477 g/mol. The fourth-order valence-corrected chi connectivity index (χ4v) is 5.08. The molecule has 0 radical (unpaired) electrons. The minimum Gasteiger partial charge on any atom is -0.487 e. The van der Waals surface area contributed by atoms with E-state index in [-0.39, 0.29) is 22.7 Å². The Morgan fingerprint density at radius 3 is 2.88 bits per heavy atom. The summed E-state index contributed by atoms with van der Waals surface area (Å²) in [7, 11) is 1.98. The van der Waals surface area contributed by atoms with E-state index >= 15 is 0 Å². The van der Waals surface area contributed by atoms with Gasteiger partial charge in [-0.15, -0.1) is 0 Å². The summed E-state index contributed by atoms with van der Waals surface area (Å²) in [6, 6.07) is 13.2. The summed E-state index contributed by atoms with van der Waals surface area (Å²) in [4.78, 5) is 35.1. The van der Waals surface area contributed by atoms with E-state index in [9.17, 15) is 9.59 Å². The molecule has 1 amide bonds. The Labute approximate surface area is 199 Å². The Balaban J connectivity index is 1.24. The fraction of sp³-hybridized carbons (Fsp3) is 0.292. The number of likely N-dealkylation sites (tertiary alicyclic amines) is 1. The van der Waals surface area contributed by atoms with E-state index in [1.807, 2.05) is 44.3 Å². The smallest absolute Gasteiger partial charge is 0.322 e. The van der Waals surface area contributed by atoms with Gasteiger partial charge in [0, 0.05) is 35.7 Å². The van der Waals surface area contributed by atoms with Crippen molar-refractivity contribution in [2.24, 2.45) is 0 Å². The number of ether oxygens (including phenoxy) is 1. The van der Waals surface area contributed by atoms with E-state index in [2.05, 4.69) is 30.4 Å². The van der Waals surface area contributed by atoms with Gasteiger partial charge < -0.3 is 15.0 Å². The number of carbonyl (C=O) groups excluding carboxylic acids is 1. The minimum atomic E-state index is -0.268. The van der Waals surface area contributed by atoms with Crippen molar-refractivity contribution in [3.8, 4) is 5.75 Å². The summed E-state index contributed by atoms with van der Waals surface area (Å²) in [5.74, 6) is 0.268. The first-order valence-electron chi connectivity index (χ1n) is 10.9. The molecule has 1 aliphatic heterocycles. The molecule has 1 unspecified atom stereocenters. The van der Waals surface area contributed by atoms with E-state index < -0.39 is 0 Å². The largest absolute Gasteiger partial charge is 0.487 e. The Bertz CT molecular complexity index is 1380. The molecular weight excluding hydrogens is 452 g/mol. The number of hydrogen-bond donors (Lipinski definition) is 2. The SMILES string of the molecule is Cc1cc(COc2ccc(C(=O)N[C@@H]3CN(C)CC3c3n[nH]c(=O)s3)nc2)c2ccccc2n1. The van der Waals surface area contributed by atoms with Crippen LogP contribution in [0.2, 0.25) is 0 Å². The molecule has 1 aliphatic rings. The van der Waals surface area contributed by atoms with Gasteiger partial charge in [-0.2, -0.15) is 5.10 Å². The van der Waals surface area contributed by atoms with Crippen LogP contribution in [0, 0.1) is 6.92 Å². The van der Waals surface area contributed by atoms with Crippen molar-refractivity contribution >= 4 is 28.1 Å². The second kappa shape index (κ2) is 9.32. The number of nitrogens with one attached hydrogen (secondary N) is 2. The molecule has 2 N–H and O–H groups in total. The first-order chi connectivity index (χ1) is 16.5. The van der Waals surface area contributed by atoms with Crippen LogP contribution >= 0.6 is 11.3 Å². The number of aromatic amines is 1. The monoisotopic (exact) mass is 476 g/mol. The van der Waals surface area contributed by atoms with Crippen LogP contribution in [0.4, 0.5) is 0 Å². The van der Waals surface area contributed by atoms with Crippen LogP contribution in [0.3, 0.4) is 0 Å². The number of nitrogens with zero attached hydrogens (tertiary/aromatic N) is 4. The number of aromatic nitrogens is 4. The quantitative estimate of drug-likeness (QED) is 0.440. The van der Waals surface area contributed by atoms with Crippen LogP contribution in [0.15, 0.2) is 53.5 Å². The number of pyridine rings is 2. The lowest BCUT2D eigenvalue weighted by Crippen LogP contribution is -2.40. The first-order valence-corrected chi connectivity index (χ1v) is 11.8. The topological polar surface area (TPSA) is 113 Å². The maximum absolute atomic E-state index is 12.8. The van der Waals surface area contributed by atoms with Gasteiger partial charge in [-0.3, -0.25) is 14.6 Å². The summed E-state index contributed by atoms with van der Waals surface area (Å²) < 4.78 is 5.95. The number of amides is 1. The third kappa shape index (κ3) is 4.68. The number of para-hydroxylation sites is 1. The van der Waals surface area contributed by atoms with Crippen LogP contribution in [0.1, 0.15) is 32.7 Å². The molecule has 174 valence electrons. The van der Waals surface area contributed by atoms with Gasteiger partial charge in [-0.25, -0.2) is 10.1 Å².